The van der Waals surface area contributed by atoms with E-state index in [0.717, 1.165) is 11.3 Å². The molecule has 3 fully saturated rings. The number of piperidine rings is 1. The van der Waals surface area contributed by atoms with Crippen LogP contribution < -0.4 is 5.73 Å². The Labute approximate surface area is 106 Å². The molecule has 0 aromatic rings. The molecule has 2 aliphatic carbocycles. The van der Waals surface area contributed by atoms with Gasteiger partial charge in [-0.25, -0.2) is 0 Å². The van der Waals surface area contributed by atoms with Crippen LogP contribution in [-0.2, 0) is 0 Å². The van der Waals surface area contributed by atoms with E-state index in [1.165, 1.54) is 77.4 Å². The fourth-order valence-corrected chi connectivity index (χ4v) is 3.98. The number of likely N-dealkylation sites (tertiary alicyclic amines) is 1. The maximum Gasteiger partial charge on any atom is 0.0196 e. The molecule has 2 saturated carbocycles. The first-order chi connectivity index (χ1) is 8.27. The van der Waals surface area contributed by atoms with Crippen molar-refractivity contribution in [3.8, 4) is 0 Å². The first-order valence-electron chi connectivity index (χ1n) is 7.75. The molecule has 98 valence electrons. The molecule has 0 amide bonds. The second-order valence-corrected chi connectivity index (χ2v) is 6.86. The highest BCUT2D eigenvalue weighted by molar-refractivity contribution is 4.91. The molecule has 1 unspecified atom stereocenters. The van der Waals surface area contributed by atoms with Crippen LogP contribution in [-0.4, -0.2) is 30.6 Å². The zero-order chi connectivity index (χ0) is 11.7. The Bertz CT molecular complexity index is 244. The summed E-state index contributed by atoms with van der Waals surface area (Å²) in [4.78, 5) is 2.64. The summed E-state index contributed by atoms with van der Waals surface area (Å²) < 4.78 is 0. The number of rotatable bonds is 3. The highest BCUT2D eigenvalue weighted by Crippen LogP contribution is 2.44. The summed E-state index contributed by atoms with van der Waals surface area (Å²) in [5.74, 6) is 0.862. The predicted molar refractivity (Wildman–Crippen MR) is 71.9 cm³/mol. The van der Waals surface area contributed by atoms with Crippen LogP contribution in [0.25, 0.3) is 0 Å². The molecular formula is C15H28N2. The van der Waals surface area contributed by atoms with E-state index in [9.17, 15) is 0 Å². The van der Waals surface area contributed by atoms with Gasteiger partial charge in [0.1, 0.15) is 0 Å². The van der Waals surface area contributed by atoms with Crippen LogP contribution in [0.5, 0.6) is 0 Å². The third-order valence-electron chi connectivity index (χ3n) is 5.53. The van der Waals surface area contributed by atoms with Crippen LogP contribution >= 0.6 is 0 Å². The fraction of sp³-hybridized carbons (Fsp3) is 1.00. The summed E-state index contributed by atoms with van der Waals surface area (Å²) in [5, 5.41) is 0. The number of hydrogen-bond acceptors (Lipinski definition) is 2. The van der Waals surface area contributed by atoms with E-state index >= 15 is 0 Å². The van der Waals surface area contributed by atoms with Crippen molar-refractivity contribution in [2.45, 2.75) is 63.8 Å². The van der Waals surface area contributed by atoms with Crippen molar-refractivity contribution in [3.63, 3.8) is 0 Å². The molecule has 1 heterocycles. The lowest BCUT2D eigenvalue weighted by Gasteiger charge is -2.44. The van der Waals surface area contributed by atoms with Crippen LogP contribution in [0.2, 0.25) is 0 Å². The van der Waals surface area contributed by atoms with Gasteiger partial charge in [-0.1, -0.05) is 19.3 Å². The largest absolute Gasteiger partial charge is 0.326 e. The van der Waals surface area contributed by atoms with Gasteiger partial charge in [0.05, 0.1) is 0 Å². The molecule has 3 rings (SSSR count). The first-order valence-corrected chi connectivity index (χ1v) is 7.75. The topological polar surface area (TPSA) is 29.3 Å². The molecule has 3 aliphatic rings. The van der Waals surface area contributed by atoms with Gasteiger partial charge >= 0.3 is 0 Å². The van der Waals surface area contributed by atoms with E-state index in [1.54, 1.807) is 0 Å². The molecule has 17 heavy (non-hydrogen) atoms. The Morgan fingerprint density at radius 2 is 1.65 bits per heavy atom. The normalized spacial score (nSPS) is 31.6. The smallest absolute Gasteiger partial charge is 0.0196 e. The SMILES string of the molecule is NC(CN1CCC2(CCCCC2)CC1)C1CC1. The molecule has 2 heteroatoms. The fourth-order valence-electron chi connectivity index (χ4n) is 3.98. The lowest BCUT2D eigenvalue weighted by Crippen LogP contribution is -2.46. The Morgan fingerprint density at radius 3 is 2.24 bits per heavy atom. The van der Waals surface area contributed by atoms with Crippen LogP contribution in [0, 0.1) is 11.3 Å². The Hall–Kier alpha value is -0.0800. The van der Waals surface area contributed by atoms with Crippen molar-refractivity contribution in [3.05, 3.63) is 0 Å². The number of hydrogen-bond donors (Lipinski definition) is 1. The molecule has 0 radical (unpaired) electrons. The Balaban J connectivity index is 1.46. The van der Waals surface area contributed by atoms with E-state index < -0.39 is 0 Å². The van der Waals surface area contributed by atoms with E-state index in [-0.39, 0.29) is 0 Å². The third kappa shape index (κ3) is 2.85. The van der Waals surface area contributed by atoms with Gasteiger partial charge in [0.25, 0.3) is 0 Å². The van der Waals surface area contributed by atoms with Crippen molar-refractivity contribution in [2.24, 2.45) is 17.1 Å². The predicted octanol–water partition coefficient (Wildman–Crippen LogP) is 2.77. The minimum absolute atomic E-state index is 0.468. The molecule has 0 aromatic heterocycles. The molecule has 1 aliphatic heterocycles. The Kier molecular flexibility index (Phi) is 3.45. The molecule has 1 atom stereocenters. The Morgan fingerprint density at radius 1 is 1.00 bits per heavy atom. The maximum atomic E-state index is 6.24. The molecule has 1 saturated heterocycles. The number of nitrogens with zero attached hydrogens (tertiary/aromatic N) is 1. The van der Waals surface area contributed by atoms with Crippen LogP contribution in [0.15, 0.2) is 0 Å². The molecular weight excluding hydrogens is 208 g/mol. The molecule has 1 spiro atoms. The minimum atomic E-state index is 0.468. The van der Waals surface area contributed by atoms with E-state index in [4.69, 9.17) is 5.73 Å². The summed E-state index contributed by atoms with van der Waals surface area (Å²) >= 11 is 0. The quantitative estimate of drug-likeness (QED) is 0.816. The average Bonchev–Trinajstić information content (AvgIpc) is 3.18. The molecule has 2 nitrogen and oxygen atoms in total. The van der Waals surface area contributed by atoms with Gasteiger partial charge in [0.2, 0.25) is 0 Å². The molecule has 0 bridgehead atoms. The average molecular weight is 236 g/mol. The summed E-state index contributed by atoms with van der Waals surface area (Å²) in [7, 11) is 0. The second kappa shape index (κ2) is 4.89. The van der Waals surface area contributed by atoms with Crippen molar-refractivity contribution in [1.82, 2.24) is 4.90 Å². The van der Waals surface area contributed by atoms with E-state index in [1.807, 2.05) is 0 Å². The molecule has 0 aromatic carbocycles. The van der Waals surface area contributed by atoms with Gasteiger partial charge in [-0.3, -0.25) is 0 Å². The summed E-state index contributed by atoms with van der Waals surface area (Å²) in [6.45, 7) is 3.81. The van der Waals surface area contributed by atoms with Crippen molar-refractivity contribution in [1.29, 1.82) is 0 Å². The van der Waals surface area contributed by atoms with Gasteiger partial charge in [0, 0.05) is 12.6 Å². The van der Waals surface area contributed by atoms with Gasteiger partial charge < -0.3 is 10.6 Å². The van der Waals surface area contributed by atoms with Crippen molar-refractivity contribution in [2.75, 3.05) is 19.6 Å². The van der Waals surface area contributed by atoms with Crippen LogP contribution in [0.1, 0.15) is 57.8 Å². The standard InChI is InChI=1S/C15H28N2/c16-14(13-4-5-13)12-17-10-8-15(9-11-17)6-2-1-3-7-15/h13-14H,1-12,16H2. The van der Waals surface area contributed by atoms with Crippen LogP contribution in [0.3, 0.4) is 0 Å². The lowest BCUT2D eigenvalue weighted by atomic mass is 9.68. The number of nitrogens with two attached hydrogens (primary N) is 1. The van der Waals surface area contributed by atoms with Crippen LogP contribution in [0.4, 0.5) is 0 Å². The van der Waals surface area contributed by atoms with Gasteiger partial charge in [-0.15, -0.1) is 0 Å². The molecule has 2 N–H and O–H groups in total. The van der Waals surface area contributed by atoms with Gasteiger partial charge in [-0.2, -0.15) is 0 Å². The zero-order valence-electron chi connectivity index (χ0n) is 11.2. The van der Waals surface area contributed by atoms with Gasteiger partial charge in [0.15, 0.2) is 0 Å². The second-order valence-electron chi connectivity index (χ2n) is 6.86. The summed E-state index contributed by atoms with van der Waals surface area (Å²) in [6, 6.07) is 0.468. The van der Waals surface area contributed by atoms with E-state index in [2.05, 4.69) is 4.90 Å². The van der Waals surface area contributed by atoms with E-state index in [0.29, 0.717) is 6.04 Å². The van der Waals surface area contributed by atoms with Gasteiger partial charge in [-0.05, 0) is 62.9 Å². The van der Waals surface area contributed by atoms with Crippen molar-refractivity contribution >= 4 is 0 Å². The zero-order valence-corrected chi connectivity index (χ0v) is 11.2. The summed E-state index contributed by atoms with van der Waals surface area (Å²) in [5.41, 5.74) is 6.99. The lowest BCUT2D eigenvalue weighted by molar-refractivity contribution is 0.0639. The third-order valence-corrected chi connectivity index (χ3v) is 5.53. The highest BCUT2D eigenvalue weighted by atomic mass is 15.1. The minimum Gasteiger partial charge on any atom is -0.326 e. The summed E-state index contributed by atoms with van der Waals surface area (Å²) in [6.07, 6.45) is 13.2. The monoisotopic (exact) mass is 236 g/mol. The highest BCUT2D eigenvalue weighted by Gasteiger charge is 2.37. The van der Waals surface area contributed by atoms with Crippen molar-refractivity contribution < 1.29 is 0 Å². The maximum absolute atomic E-state index is 6.24. The first kappa shape index (κ1) is 12.0.